The van der Waals surface area contributed by atoms with E-state index in [1.54, 1.807) is 7.11 Å². The van der Waals surface area contributed by atoms with Gasteiger partial charge in [-0.3, -0.25) is 4.79 Å². The number of benzene rings is 2. The Balaban J connectivity index is 1.77. The Morgan fingerprint density at radius 3 is 2.65 bits per heavy atom. The van der Waals surface area contributed by atoms with Crippen LogP contribution in [-0.2, 0) is 6.42 Å². The van der Waals surface area contributed by atoms with Crippen molar-refractivity contribution in [1.29, 1.82) is 0 Å². The van der Waals surface area contributed by atoms with Gasteiger partial charge in [-0.2, -0.15) is 0 Å². The van der Waals surface area contributed by atoms with Crippen LogP contribution in [0.25, 0.3) is 6.08 Å². The van der Waals surface area contributed by atoms with E-state index in [4.69, 9.17) is 9.47 Å². The van der Waals surface area contributed by atoms with E-state index in [9.17, 15) is 4.79 Å². The van der Waals surface area contributed by atoms with Gasteiger partial charge in [-0.05, 0) is 75.1 Å². The maximum atomic E-state index is 12.8. The van der Waals surface area contributed by atoms with Gasteiger partial charge in [-0.1, -0.05) is 18.2 Å². The van der Waals surface area contributed by atoms with Crippen molar-refractivity contribution in [3.8, 4) is 11.5 Å². The smallest absolute Gasteiger partial charge is 0.163 e. The van der Waals surface area contributed by atoms with E-state index in [1.807, 2.05) is 58.0 Å². The molecule has 1 aliphatic rings. The molecule has 0 aromatic heterocycles. The van der Waals surface area contributed by atoms with Crippen LogP contribution in [0.3, 0.4) is 0 Å². The Kier molecular flexibility index (Phi) is 4.90. The highest BCUT2D eigenvalue weighted by Gasteiger charge is 2.24. The minimum absolute atomic E-state index is 0.156. The summed E-state index contributed by atoms with van der Waals surface area (Å²) >= 11 is 0. The van der Waals surface area contributed by atoms with Crippen LogP contribution in [0.4, 0.5) is 0 Å². The van der Waals surface area contributed by atoms with E-state index in [0.29, 0.717) is 12.8 Å². The Hall–Kier alpha value is -2.55. The first-order valence-corrected chi connectivity index (χ1v) is 8.99. The maximum Gasteiger partial charge on any atom is 0.163 e. The molecule has 26 heavy (non-hydrogen) atoms. The molecule has 136 valence electrons. The zero-order valence-corrected chi connectivity index (χ0v) is 16.2. The van der Waals surface area contributed by atoms with Gasteiger partial charge >= 0.3 is 0 Å². The van der Waals surface area contributed by atoms with Crippen molar-refractivity contribution < 1.29 is 14.3 Å². The number of aryl methyl sites for hydroxylation is 2. The van der Waals surface area contributed by atoms with Gasteiger partial charge in [0.2, 0.25) is 0 Å². The number of Topliss-reactive ketones (excluding diaryl/α,β-unsaturated/α-hetero) is 1. The highest BCUT2D eigenvalue weighted by molar-refractivity contribution is 5.98. The molecule has 0 unspecified atom stereocenters. The summed E-state index contributed by atoms with van der Waals surface area (Å²) in [6.45, 7) is 8.06. The molecule has 1 aliphatic heterocycles. The van der Waals surface area contributed by atoms with Gasteiger partial charge in [0, 0.05) is 17.5 Å². The first kappa shape index (κ1) is 18.2. The van der Waals surface area contributed by atoms with E-state index < -0.39 is 0 Å². The normalized spacial score (nSPS) is 14.5. The summed E-state index contributed by atoms with van der Waals surface area (Å²) in [5, 5.41) is 0. The standard InChI is InChI=1S/C23H26O3/c1-15-6-7-17(14-22(15)25-5)8-10-20(24)18-9-11-21-19(16(18)2)12-13-23(3,4)26-21/h6-7,9,11-14H,8,10H2,1-5H3. The van der Waals surface area contributed by atoms with Crippen LogP contribution in [0.2, 0.25) is 0 Å². The number of hydrogen-bond acceptors (Lipinski definition) is 3. The number of ether oxygens (including phenoxy) is 2. The van der Waals surface area contributed by atoms with Crippen molar-refractivity contribution in [1.82, 2.24) is 0 Å². The van der Waals surface area contributed by atoms with Gasteiger partial charge in [0.1, 0.15) is 17.1 Å². The van der Waals surface area contributed by atoms with E-state index in [0.717, 1.165) is 39.3 Å². The molecular weight excluding hydrogens is 324 g/mol. The molecule has 0 fully saturated rings. The van der Waals surface area contributed by atoms with Crippen molar-refractivity contribution >= 4 is 11.9 Å². The molecule has 3 nitrogen and oxygen atoms in total. The van der Waals surface area contributed by atoms with E-state index >= 15 is 0 Å². The molecule has 2 aromatic carbocycles. The Labute approximate surface area is 155 Å². The molecule has 0 saturated carbocycles. The number of fused-ring (bicyclic) bond motifs is 1. The Bertz CT molecular complexity index is 875. The summed E-state index contributed by atoms with van der Waals surface area (Å²) in [6.07, 6.45) is 5.28. The van der Waals surface area contributed by atoms with Gasteiger partial charge in [-0.15, -0.1) is 0 Å². The third-order valence-electron chi connectivity index (χ3n) is 4.91. The average Bonchev–Trinajstić information content (AvgIpc) is 2.60. The number of carbonyl (C=O) groups is 1. The number of ketones is 1. The van der Waals surface area contributed by atoms with E-state index in [-0.39, 0.29) is 11.4 Å². The molecule has 0 spiro atoms. The van der Waals surface area contributed by atoms with Crippen LogP contribution in [0.1, 0.15) is 52.9 Å². The van der Waals surface area contributed by atoms with Gasteiger partial charge in [0.25, 0.3) is 0 Å². The molecule has 0 atom stereocenters. The SMILES string of the molecule is COc1cc(CCC(=O)c2ccc3c(c2C)C=CC(C)(C)O3)ccc1C. The first-order chi connectivity index (χ1) is 12.3. The quantitative estimate of drug-likeness (QED) is 0.685. The van der Waals surface area contributed by atoms with Crippen molar-refractivity contribution in [2.75, 3.05) is 7.11 Å². The second kappa shape index (κ2) is 6.99. The summed E-state index contributed by atoms with van der Waals surface area (Å²) < 4.78 is 11.4. The van der Waals surface area contributed by atoms with Crippen molar-refractivity contribution in [2.45, 2.75) is 46.1 Å². The average molecular weight is 350 g/mol. The van der Waals surface area contributed by atoms with E-state index in [2.05, 4.69) is 12.1 Å². The molecule has 0 radical (unpaired) electrons. The fourth-order valence-corrected chi connectivity index (χ4v) is 3.32. The predicted octanol–water partition coefficient (Wildman–Crippen LogP) is 5.31. The zero-order valence-electron chi connectivity index (χ0n) is 16.2. The number of carbonyl (C=O) groups excluding carboxylic acids is 1. The van der Waals surface area contributed by atoms with Crippen LogP contribution in [0.5, 0.6) is 11.5 Å². The molecule has 1 heterocycles. The van der Waals surface area contributed by atoms with Crippen molar-refractivity contribution in [3.63, 3.8) is 0 Å². The fourth-order valence-electron chi connectivity index (χ4n) is 3.32. The van der Waals surface area contributed by atoms with Crippen LogP contribution in [-0.4, -0.2) is 18.5 Å². The van der Waals surface area contributed by atoms with Gasteiger partial charge in [0.05, 0.1) is 7.11 Å². The largest absolute Gasteiger partial charge is 0.496 e. The van der Waals surface area contributed by atoms with Gasteiger partial charge < -0.3 is 9.47 Å². The second-order valence-corrected chi connectivity index (χ2v) is 7.42. The molecule has 0 saturated heterocycles. The minimum Gasteiger partial charge on any atom is -0.496 e. The highest BCUT2D eigenvalue weighted by Crippen LogP contribution is 2.34. The summed E-state index contributed by atoms with van der Waals surface area (Å²) in [5.41, 5.74) is 4.67. The monoisotopic (exact) mass is 350 g/mol. The summed E-state index contributed by atoms with van der Waals surface area (Å²) in [4.78, 5) is 12.8. The van der Waals surface area contributed by atoms with Gasteiger partial charge in [0.15, 0.2) is 5.78 Å². The Morgan fingerprint density at radius 2 is 1.92 bits per heavy atom. The van der Waals surface area contributed by atoms with Crippen LogP contribution in [0.15, 0.2) is 36.4 Å². The molecule has 0 amide bonds. The molecule has 0 aliphatic carbocycles. The third kappa shape index (κ3) is 3.67. The molecule has 2 aromatic rings. The van der Waals surface area contributed by atoms with Crippen LogP contribution in [0, 0.1) is 13.8 Å². The van der Waals surface area contributed by atoms with E-state index in [1.165, 1.54) is 0 Å². The molecular formula is C23H26O3. The topological polar surface area (TPSA) is 35.5 Å². The lowest BCUT2D eigenvalue weighted by Crippen LogP contribution is -2.27. The zero-order chi connectivity index (χ0) is 18.9. The van der Waals surface area contributed by atoms with Crippen molar-refractivity contribution in [3.05, 3.63) is 64.2 Å². The molecule has 0 bridgehead atoms. The maximum absolute atomic E-state index is 12.8. The number of rotatable bonds is 5. The molecule has 3 rings (SSSR count). The summed E-state index contributed by atoms with van der Waals surface area (Å²) in [6, 6.07) is 9.91. The van der Waals surface area contributed by atoms with Gasteiger partial charge in [-0.25, -0.2) is 0 Å². The summed E-state index contributed by atoms with van der Waals surface area (Å²) in [7, 11) is 1.67. The lowest BCUT2D eigenvalue weighted by Gasteiger charge is -2.29. The van der Waals surface area contributed by atoms with Crippen LogP contribution >= 0.6 is 0 Å². The fraction of sp³-hybridized carbons (Fsp3) is 0.348. The first-order valence-electron chi connectivity index (χ1n) is 8.99. The lowest BCUT2D eigenvalue weighted by molar-refractivity contribution is 0.0982. The molecule has 3 heteroatoms. The second-order valence-electron chi connectivity index (χ2n) is 7.42. The Morgan fingerprint density at radius 1 is 1.15 bits per heavy atom. The van der Waals surface area contributed by atoms with Crippen molar-refractivity contribution in [2.24, 2.45) is 0 Å². The summed E-state index contributed by atoms with van der Waals surface area (Å²) in [5.74, 6) is 1.86. The van der Waals surface area contributed by atoms with Crippen LogP contribution < -0.4 is 9.47 Å². The lowest BCUT2D eigenvalue weighted by atomic mass is 9.92. The number of hydrogen-bond donors (Lipinski definition) is 0. The minimum atomic E-state index is -0.310. The third-order valence-corrected chi connectivity index (χ3v) is 4.91. The molecule has 0 N–H and O–H groups in total. The highest BCUT2D eigenvalue weighted by atomic mass is 16.5. The number of methoxy groups -OCH3 is 1. The predicted molar refractivity (Wildman–Crippen MR) is 105 cm³/mol.